The van der Waals surface area contributed by atoms with Crippen LogP contribution in [0.5, 0.6) is 5.88 Å². The highest BCUT2D eigenvalue weighted by atomic mass is 16.6. The predicted octanol–water partition coefficient (Wildman–Crippen LogP) is 1.61. The van der Waals surface area contributed by atoms with Gasteiger partial charge in [0.2, 0.25) is 5.95 Å². The normalized spacial score (nSPS) is 9.88. The second kappa shape index (κ2) is 5.84. The number of nitrogens with zero attached hydrogens (tertiary/aromatic N) is 3. The monoisotopic (exact) mass is 226 g/mol. The molecule has 1 rings (SSSR count). The Kier molecular flexibility index (Phi) is 4.43. The van der Waals surface area contributed by atoms with E-state index in [0.717, 1.165) is 12.6 Å². The summed E-state index contributed by atoms with van der Waals surface area (Å²) in [5.41, 5.74) is -0.219. The average Bonchev–Trinajstić information content (AvgIpc) is 2.26. The highest BCUT2D eigenvalue weighted by molar-refractivity contribution is 5.43. The summed E-state index contributed by atoms with van der Waals surface area (Å²) in [6, 6.07) is 0. The average molecular weight is 226 g/mol. The van der Waals surface area contributed by atoms with Gasteiger partial charge in [-0.2, -0.15) is 4.98 Å². The van der Waals surface area contributed by atoms with Crippen LogP contribution in [0.3, 0.4) is 0 Å². The van der Waals surface area contributed by atoms with Gasteiger partial charge in [0.15, 0.2) is 0 Å². The van der Waals surface area contributed by atoms with Crippen LogP contribution in [0, 0.1) is 10.1 Å². The first-order valence-corrected chi connectivity index (χ1v) is 5.07. The minimum absolute atomic E-state index is 0.00102. The fourth-order valence-electron chi connectivity index (χ4n) is 1.05. The van der Waals surface area contributed by atoms with Crippen molar-refractivity contribution in [1.29, 1.82) is 0 Å². The molecule has 1 aromatic heterocycles. The van der Waals surface area contributed by atoms with E-state index in [0.29, 0.717) is 19.1 Å². The topological polar surface area (TPSA) is 90.2 Å². The molecule has 0 saturated carbocycles. The third-order valence-corrected chi connectivity index (χ3v) is 1.75. The third-order valence-electron chi connectivity index (χ3n) is 1.75. The Balaban J connectivity index is 2.92. The molecule has 0 bridgehead atoms. The summed E-state index contributed by atoms with van der Waals surface area (Å²) in [6.45, 7) is 4.78. The predicted molar refractivity (Wildman–Crippen MR) is 58.6 cm³/mol. The fraction of sp³-hybridized carbons (Fsp3) is 0.556. The maximum absolute atomic E-state index is 10.6. The van der Waals surface area contributed by atoms with Gasteiger partial charge in [-0.15, -0.1) is 0 Å². The lowest BCUT2D eigenvalue weighted by atomic mass is 10.5. The van der Waals surface area contributed by atoms with E-state index in [1.165, 1.54) is 0 Å². The lowest BCUT2D eigenvalue weighted by Gasteiger charge is -2.06. The number of hydrogen-bond acceptors (Lipinski definition) is 6. The summed E-state index contributed by atoms with van der Waals surface area (Å²) in [5, 5.41) is 13.6. The number of nitrogens with one attached hydrogen (secondary N) is 1. The third kappa shape index (κ3) is 3.04. The first-order chi connectivity index (χ1) is 7.69. The summed E-state index contributed by atoms with van der Waals surface area (Å²) in [7, 11) is 0. The Labute approximate surface area is 93.0 Å². The van der Waals surface area contributed by atoms with Crippen LogP contribution >= 0.6 is 0 Å². The molecular weight excluding hydrogens is 212 g/mol. The minimum atomic E-state index is -0.561. The molecule has 7 heteroatoms. The van der Waals surface area contributed by atoms with E-state index in [-0.39, 0.29) is 11.6 Å². The van der Waals surface area contributed by atoms with E-state index in [9.17, 15) is 10.1 Å². The fourth-order valence-corrected chi connectivity index (χ4v) is 1.05. The quantitative estimate of drug-likeness (QED) is 0.585. The molecule has 0 radical (unpaired) electrons. The second-order valence-corrected chi connectivity index (χ2v) is 3.00. The number of anilines is 1. The van der Waals surface area contributed by atoms with Crippen LogP contribution in [0.25, 0.3) is 0 Å². The van der Waals surface area contributed by atoms with Gasteiger partial charge in [0, 0.05) is 6.54 Å². The second-order valence-electron chi connectivity index (χ2n) is 3.00. The molecule has 88 valence electrons. The molecule has 0 aliphatic carbocycles. The Morgan fingerprint density at radius 2 is 2.31 bits per heavy atom. The molecule has 1 aromatic rings. The molecule has 0 aliphatic rings. The van der Waals surface area contributed by atoms with Crippen LogP contribution < -0.4 is 10.1 Å². The van der Waals surface area contributed by atoms with Crippen molar-refractivity contribution in [1.82, 2.24) is 9.97 Å². The van der Waals surface area contributed by atoms with E-state index >= 15 is 0 Å². The molecule has 0 aliphatic heterocycles. The van der Waals surface area contributed by atoms with Crippen molar-refractivity contribution in [2.75, 3.05) is 18.5 Å². The first-order valence-electron chi connectivity index (χ1n) is 5.07. The molecule has 0 spiro atoms. The maximum Gasteiger partial charge on any atom is 0.349 e. The number of aromatic nitrogens is 2. The molecule has 1 N–H and O–H groups in total. The highest BCUT2D eigenvalue weighted by Gasteiger charge is 2.18. The van der Waals surface area contributed by atoms with Gasteiger partial charge < -0.3 is 10.1 Å². The Morgan fingerprint density at radius 1 is 1.56 bits per heavy atom. The molecular formula is C9H14N4O3. The standard InChI is InChI=1S/C9H14N4O3/c1-3-5-10-9-11-6-7(13(14)15)8(12-9)16-4-2/h6H,3-5H2,1-2H3,(H,10,11,12). The number of nitro groups is 1. The summed E-state index contributed by atoms with van der Waals surface area (Å²) >= 11 is 0. The largest absolute Gasteiger partial charge is 0.473 e. The Bertz CT molecular complexity index is 370. The molecule has 16 heavy (non-hydrogen) atoms. The summed E-state index contributed by atoms with van der Waals surface area (Å²) < 4.78 is 5.09. The molecule has 1 heterocycles. The van der Waals surface area contributed by atoms with Gasteiger partial charge in [-0.05, 0) is 13.3 Å². The number of ether oxygens (including phenoxy) is 1. The van der Waals surface area contributed by atoms with Crippen LogP contribution in [-0.2, 0) is 0 Å². The lowest BCUT2D eigenvalue weighted by molar-refractivity contribution is -0.386. The van der Waals surface area contributed by atoms with Gasteiger partial charge >= 0.3 is 5.69 Å². The van der Waals surface area contributed by atoms with Crippen LogP contribution in [0.15, 0.2) is 6.20 Å². The zero-order chi connectivity index (χ0) is 12.0. The number of rotatable bonds is 6. The van der Waals surface area contributed by atoms with Crippen molar-refractivity contribution in [2.45, 2.75) is 20.3 Å². The SMILES string of the molecule is CCCNc1ncc([N+](=O)[O-])c(OCC)n1. The van der Waals surface area contributed by atoms with Crippen LogP contribution in [-0.4, -0.2) is 28.0 Å². The van der Waals surface area contributed by atoms with Gasteiger partial charge in [0.1, 0.15) is 6.20 Å². The highest BCUT2D eigenvalue weighted by Crippen LogP contribution is 2.24. The maximum atomic E-state index is 10.6. The molecule has 7 nitrogen and oxygen atoms in total. The van der Waals surface area contributed by atoms with Crippen LogP contribution in [0.1, 0.15) is 20.3 Å². The van der Waals surface area contributed by atoms with Crippen LogP contribution in [0.2, 0.25) is 0 Å². The van der Waals surface area contributed by atoms with Gasteiger partial charge in [-0.25, -0.2) is 4.98 Å². The van der Waals surface area contributed by atoms with E-state index in [2.05, 4.69) is 15.3 Å². The molecule has 0 atom stereocenters. The zero-order valence-corrected chi connectivity index (χ0v) is 9.27. The molecule has 0 unspecified atom stereocenters. The van der Waals surface area contributed by atoms with Gasteiger partial charge in [0.25, 0.3) is 5.88 Å². The number of hydrogen-bond donors (Lipinski definition) is 1. The van der Waals surface area contributed by atoms with Crippen molar-refractivity contribution in [3.63, 3.8) is 0 Å². The first kappa shape index (κ1) is 12.2. The van der Waals surface area contributed by atoms with E-state index in [1.807, 2.05) is 6.92 Å². The molecule has 0 saturated heterocycles. The van der Waals surface area contributed by atoms with Crippen molar-refractivity contribution in [2.24, 2.45) is 0 Å². The van der Waals surface area contributed by atoms with E-state index in [1.54, 1.807) is 6.92 Å². The summed E-state index contributed by atoms with van der Waals surface area (Å²) in [4.78, 5) is 17.9. The summed E-state index contributed by atoms with van der Waals surface area (Å²) in [5.74, 6) is 0.344. The van der Waals surface area contributed by atoms with Gasteiger partial charge in [-0.1, -0.05) is 6.92 Å². The summed E-state index contributed by atoms with van der Waals surface area (Å²) in [6.07, 6.45) is 2.07. The van der Waals surface area contributed by atoms with Gasteiger partial charge in [0.05, 0.1) is 11.5 Å². The zero-order valence-electron chi connectivity index (χ0n) is 9.27. The Hall–Kier alpha value is -1.92. The minimum Gasteiger partial charge on any atom is -0.473 e. The smallest absolute Gasteiger partial charge is 0.349 e. The van der Waals surface area contributed by atoms with Crippen LogP contribution in [0.4, 0.5) is 11.6 Å². The Morgan fingerprint density at radius 3 is 2.88 bits per heavy atom. The lowest BCUT2D eigenvalue weighted by Crippen LogP contribution is -2.07. The molecule has 0 aromatic carbocycles. The van der Waals surface area contributed by atoms with Crippen molar-refractivity contribution in [3.05, 3.63) is 16.3 Å². The molecule has 0 amide bonds. The van der Waals surface area contributed by atoms with Crippen molar-refractivity contribution in [3.8, 4) is 5.88 Å². The van der Waals surface area contributed by atoms with Crippen molar-refractivity contribution < 1.29 is 9.66 Å². The van der Waals surface area contributed by atoms with E-state index in [4.69, 9.17) is 4.74 Å². The van der Waals surface area contributed by atoms with Crippen molar-refractivity contribution >= 4 is 11.6 Å². The molecule has 0 fully saturated rings. The van der Waals surface area contributed by atoms with E-state index < -0.39 is 4.92 Å². The van der Waals surface area contributed by atoms with Gasteiger partial charge in [-0.3, -0.25) is 10.1 Å².